The second kappa shape index (κ2) is 9.10. The summed E-state index contributed by atoms with van der Waals surface area (Å²) in [4.78, 5) is 36.0. The number of ketones is 1. The summed E-state index contributed by atoms with van der Waals surface area (Å²) in [6, 6.07) is 12.4. The van der Waals surface area contributed by atoms with Crippen molar-refractivity contribution in [3.63, 3.8) is 0 Å². The van der Waals surface area contributed by atoms with Crippen molar-refractivity contribution in [1.29, 1.82) is 0 Å². The maximum atomic E-state index is 12.4. The lowest BCUT2D eigenvalue weighted by Gasteiger charge is -2.09. The highest BCUT2D eigenvalue weighted by Crippen LogP contribution is 2.27. The number of carbonyl (C=O) groups excluding carboxylic acids is 2. The maximum Gasteiger partial charge on any atom is 0.329 e. The van der Waals surface area contributed by atoms with Crippen molar-refractivity contribution >= 4 is 29.1 Å². The molecule has 0 aliphatic carbocycles. The molecule has 0 aliphatic rings. The molecule has 25 heavy (non-hydrogen) atoms. The second-order valence-corrected chi connectivity index (χ2v) is 6.35. The van der Waals surface area contributed by atoms with Crippen molar-refractivity contribution in [2.24, 2.45) is 0 Å². The Labute approximate surface area is 149 Å². The lowest BCUT2D eigenvalue weighted by Crippen LogP contribution is -2.17. The van der Waals surface area contributed by atoms with E-state index in [4.69, 9.17) is 14.6 Å². The Morgan fingerprint density at radius 3 is 2.48 bits per heavy atom. The third-order valence-electron chi connectivity index (χ3n) is 3.36. The molecule has 7 heteroatoms. The first-order valence-electron chi connectivity index (χ1n) is 7.64. The van der Waals surface area contributed by atoms with E-state index in [0.717, 1.165) is 4.88 Å². The number of carboxylic acids is 1. The molecule has 0 saturated carbocycles. The number of carbonyl (C=O) groups is 3. The summed E-state index contributed by atoms with van der Waals surface area (Å²) in [6.07, 6.45) is 0. The van der Waals surface area contributed by atoms with Gasteiger partial charge in [-0.1, -0.05) is 30.3 Å². The predicted molar refractivity (Wildman–Crippen MR) is 92.0 cm³/mol. The lowest BCUT2D eigenvalue weighted by molar-refractivity contribution is -0.148. The third-order valence-corrected chi connectivity index (χ3v) is 4.63. The quantitative estimate of drug-likeness (QED) is 0.419. The Morgan fingerprint density at radius 2 is 1.80 bits per heavy atom. The molecular weight excluding hydrogens is 344 g/mol. The summed E-state index contributed by atoms with van der Waals surface area (Å²) in [5.41, 5.74) is 0.599. The number of rotatable bonds is 9. The van der Waals surface area contributed by atoms with Crippen LogP contribution in [0.25, 0.3) is 0 Å². The molecular formula is C18H18O6S. The van der Waals surface area contributed by atoms with E-state index >= 15 is 0 Å². The minimum absolute atomic E-state index is 0.0162. The number of aliphatic carboxylic acids is 1. The number of hydrogen-bond acceptors (Lipinski definition) is 6. The fourth-order valence-electron chi connectivity index (χ4n) is 2.04. The van der Waals surface area contributed by atoms with Gasteiger partial charge in [0.1, 0.15) is 13.2 Å². The standard InChI is InChI=1S/C18H18O6S/c1-12(18(22)24-10-9-23-11-16(19)20)14-7-8-15(25-14)17(21)13-5-3-2-4-6-13/h2-8,12H,9-11H2,1H3,(H,19,20). The minimum atomic E-state index is -1.08. The normalized spacial score (nSPS) is 11.7. The first-order valence-corrected chi connectivity index (χ1v) is 8.46. The molecule has 0 radical (unpaired) electrons. The fraction of sp³-hybridized carbons (Fsp3) is 0.278. The van der Waals surface area contributed by atoms with Crippen LogP contribution in [0.15, 0.2) is 42.5 Å². The summed E-state index contributed by atoms with van der Waals surface area (Å²) in [7, 11) is 0. The average molecular weight is 362 g/mol. The highest BCUT2D eigenvalue weighted by molar-refractivity contribution is 7.14. The van der Waals surface area contributed by atoms with E-state index in [1.54, 1.807) is 43.3 Å². The van der Waals surface area contributed by atoms with Gasteiger partial charge in [-0.2, -0.15) is 0 Å². The SMILES string of the molecule is CC(C(=O)OCCOCC(=O)O)c1ccc(C(=O)c2ccccc2)s1. The highest BCUT2D eigenvalue weighted by Gasteiger charge is 2.21. The van der Waals surface area contributed by atoms with Crippen LogP contribution in [0.5, 0.6) is 0 Å². The van der Waals surface area contributed by atoms with Crippen LogP contribution < -0.4 is 0 Å². The Kier molecular flexibility index (Phi) is 6.85. The van der Waals surface area contributed by atoms with E-state index in [0.29, 0.717) is 10.4 Å². The van der Waals surface area contributed by atoms with E-state index in [9.17, 15) is 14.4 Å². The Hall–Kier alpha value is -2.51. The minimum Gasteiger partial charge on any atom is -0.480 e. The maximum absolute atomic E-state index is 12.4. The molecule has 0 fully saturated rings. The van der Waals surface area contributed by atoms with E-state index in [1.165, 1.54) is 11.3 Å². The van der Waals surface area contributed by atoms with Gasteiger partial charge in [0.05, 0.1) is 17.4 Å². The molecule has 1 aromatic carbocycles. The number of hydrogen-bond donors (Lipinski definition) is 1. The third kappa shape index (κ3) is 5.51. The van der Waals surface area contributed by atoms with Crippen molar-refractivity contribution < 1.29 is 29.0 Å². The van der Waals surface area contributed by atoms with Gasteiger partial charge in [0.15, 0.2) is 0 Å². The summed E-state index contributed by atoms with van der Waals surface area (Å²) < 4.78 is 9.86. The zero-order valence-corrected chi connectivity index (χ0v) is 14.5. The first-order chi connectivity index (χ1) is 12.0. The molecule has 0 bridgehead atoms. The Morgan fingerprint density at radius 1 is 1.08 bits per heavy atom. The molecule has 1 atom stereocenters. The van der Waals surface area contributed by atoms with Crippen LogP contribution in [-0.2, 0) is 19.1 Å². The number of benzene rings is 1. The van der Waals surface area contributed by atoms with Crippen molar-refractivity contribution in [1.82, 2.24) is 0 Å². The molecule has 6 nitrogen and oxygen atoms in total. The van der Waals surface area contributed by atoms with Crippen LogP contribution in [0.2, 0.25) is 0 Å². The van der Waals surface area contributed by atoms with Crippen LogP contribution in [0.4, 0.5) is 0 Å². The first kappa shape index (κ1) is 18.8. The van der Waals surface area contributed by atoms with E-state index < -0.39 is 24.5 Å². The molecule has 1 aromatic heterocycles. The topological polar surface area (TPSA) is 89.9 Å². The van der Waals surface area contributed by atoms with Gasteiger partial charge in [0, 0.05) is 10.4 Å². The molecule has 0 aliphatic heterocycles. The van der Waals surface area contributed by atoms with Crippen molar-refractivity contribution in [3.05, 3.63) is 57.8 Å². The summed E-state index contributed by atoms with van der Waals surface area (Å²) >= 11 is 1.26. The molecule has 0 spiro atoms. The lowest BCUT2D eigenvalue weighted by atomic mass is 10.1. The molecule has 0 amide bonds. The zero-order chi connectivity index (χ0) is 18.2. The van der Waals surface area contributed by atoms with Gasteiger partial charge in [-0.3, -0.25) is 9.59 Å². The molecule has 1 N–H and O–H groups in total. The molecule has 0 saturated heterocycles. The monoisotopic (exact) mass is 362 g/mol. The van der Waals surface area contributed by atoms with Crippen LogP contribution in [0, 0.1) is 0 Å². The van der Waals surface area contributed by atoms with Gasteiger partial charge in [-0.15, -0.1) is 11.3 Å². The Bertz CT molecular complexity index is 737. The van der Waals surface area contributed by atoms with E-state index in [-0.39, 0.29) is 19.0 Å². The number of ether oxygens (including phenoxy) is 2. The number of thiophene rings is 1. The molecule has 1 unspecified atom stereocenters. The van der Waals surface area contributed by atoms with Gasteiger partial charge < -0.3 is 14.6 Å². The van der Waals surface area contributed by atoms with Gasteiger partial charge in [-0.25, -0.2) is 4.79 Å². The highest BCUT2D eigenvalue weighted by atomic mass is 32.1. The van der Waals surface area contributed by atoms with Crippen LogP contribution in [-0.4, -0.2) is 42.6 Å². The van der Waals surface area contributed by atoms with Gasteiger partial charge in [0.25, 0.3) is 0 Å². The molecule has 2 rings (SSSR count). The van der Waals surface area contributed by atoms with Gasteiger partial charge >= 0.3 is 11.9 Å². The molecule has 1 heterocycles. The average Bonchev–Trinajstić information content (AvgIpc) is 3.10. The smallest absolute Gasteiger partial charge is 0.329 e. The van der Waals surface area contributed by atoms with E-state index in [1.807, 2.05) is 6.07 Å². The number of carboxylic acid groups (broad SMARTS) is 1. The predicted octanol–water partition coefficient (Wildman–Crippen LogP) is 2.73. The Balaban J connectivity index is 1.89. The van der Waals surface area contributed by atoms with Crippen LogP contribution >= 0.6 is 11.3 Å². The summed E-state index contributed by atoms with van der Waals surface area (Å²) in [5.74, 6) is -2.12. The largest absolute Gasteiger partial charge is 0.480 e. The second-order valence-electron chi connectivity index (χ2n) is 5.23. The zero-order valence-electron chi connectivity index (χ0n) is 13.6. The van der Waals surface area contributed by atoms with Crippen molar-refractivity contribution in [3.8, 4) is 0 Å². The van der Waals surface area contributed by atoms with Gasteiger partial charge in [-0.05, 0) is 19.1 Å². The summed E-state index contributed by atoms with van der Waals surface area (Å²) in [6.45, 7) is 1.27. The summed E-state index contributed by atoms with van der Waals surface area (Å²) in [5, 5.41) is 8.43. The van der Waals surface area contributed by atoms with E-state index in [2.05, 4.69) is 0 Å². The van der Waals surface area contributed by atoms with Crippen LogP contribution in [0.3, 0.4) is 0 Å². The van der Waals surface area contributed by atoms with Gasteiger partial charge in [0.2, 0.25) is 5.78 Å². The van der Waals surface area contributed by atoms with Crippen LogP contribution in [0.1, 0.15) is 33.0 Å². The molecule has 132 valence electrons. The molecule has 2 aromatic rings. The number of esters is 1. The van der Waals surface area contributed by atoms with Crippen molar-refractivity contribution in [2.75, 3.05) is 19.8 Å². The fourth-order valence-corrected chi connectivity index (χ4v) is 3.05. The van der Waals surface area contributed by atoms with Crippen molar-refractivity contribution in [2.45, 2.75) is 12.8 Å².